The van der Waals surface area contributed by atoms with Gasteiger partial charge < -0.3 is 5.73 Å². The smallest absolute Gasteiger partial charge is 0.174 e. The van der Waals surface area contributed by atoms with Crippen molar-refractivity contribution in [2.75, 3.05) is 6.54 Å². The summed E-state index contributed by atoms with van der Waals surface area (Å²) in [5.41, 5.74) is 5.65. The first-order valence-electron chi connectivity index (χ1n) is 4.64. The van der Waals surface area contributed by atoms with Gasteiger partial charge in [-0.2, -0.15) is 5.21 Å². The van der Waals surface area contributed by atoms with Gasteiger partial charge in [-0.15, -0.1) is 10.2 Å². The molecular weight excluding hydrogens is 166 g/mol. The van der Waals surface area contributed by atoms with E-state index >= 15 is 0 Å². The predicted molar refractivity (Wildman–Crippen MR) is 49.9 cm³/mol. The molecule has 0 aliphatic rings. The Hall–Kier alpha value is -0.970. The lowest BCUT2D eigenvalue weighted by Gasteiger charge is -2.14. The van der Waals surface area contributed by atoms with E-state index in [2.05, 4.69) is 34.5 Å². The zero-order valence-corrected chi connectivity index (χ0v) is 8.20. The van der Waals surface area contributed by atoms with Crippen LogP contribution in [0.1, 0.15) is 26.1 Å². The lowest BCUT2D eigenvalue weighted by atomic mass is 9.94. The molecule has 1 atom stereocenters. The van der Waals surface area contributed by atoms with Gasteiger partial charge in [-0.25, -0.2) is 0 Å². The summed E-state index contributed by atoms with van der Waals surface area (Å²) < 4.78 is 0. The van der Waals surface area contributed by atoms with Crippen molar-refractivity contribution in [3.8, 4) is 0 Å². The van der Waals surface area contributed by atoms with Crippen LogP contribution >= 0.6 is 0 Å². The van der Waals surface area contributed by atoms with Crippen LogP contribution in [-0.2, 0) is 6.42 Å². The highest BCUT2D eigenvalue weighted by Crippen LogP contribution is 2.13. The van der Waals surface area contributed by atoms with E-state index < -0.39 is 0 Å². The average molecular weight is 183 g/mol. The molecule has 1 rings (SSSR count). The molecule has 0 radical (unpaired) electrons. The average Bonchev–Trinajstić information content (AvgIpc) is 2.55. The number of hydrogen-bond acceptors (Lipinski definition) is 4. The highest BCUT2D eigenvalue weighted by molar-refractivity contribution is 4.81. The molecule has 0 saturated carbocycles. The second kappa shape index (κ2) is 4.91. The van der Waals surface area contributed by atoms with E-state index in [1.165, 1.54) is 0 Å². The van der Waals surface area contributed by atoms with Crippen molar-refractivity contribution < 1.29 is 0 Å². The number of aromatic amines is 1. The van der Waals surface area contributed by atoms with Gasteiger partial charge in [-0.1, -0.05) is 19.1 Å². The molecule has 1 aromatic rings. The third-order valence-corrected chi connectivity index (χ3v) is 2.00. The number of aromatic nitrogens is 4. The zero-order valence-electron chi connectivity index (χ0n) is 8.20. The van der Waals surface area contributed by atoms with E-state index in [1.54, 1.807) is 0 Å². The molecule has 0 bridgehead atoms. The molecule has 0 aliphatic heterocycles. The lowest BCUT2D eigenvalue weighted by Crippen LogP contribution is -2.19. The summed E-state index contributed by atoms with van der Waals surface area (Å²) in [6.07, 6.45) is 1.94. The van der Waals surface area contributed by atoms with Gasteiger partial charge in [-0.05, 0) is 24.8 Å². The van der Waals surface area contributed by atoms with E-state index in [1.807, 2.05) is 0 Å². The minimum absolute atomic E-state index is 0.470. The number of hydrogen-bond donors (Lipinski definition) is 2. The Labute approximate surface area is 78.1 Å². The summed E-state index contributed by atoms with van der Waals surface area (Å²) in [5.74, 6) is 1.90. The van der Waals surface area contributed by atoms with Crippen LogP contribution in [0.2, 0.25) is 0 Å². The maximum Gasteiger partial charge on any atom is 0.174 e. The lowest BCUT2D eigenvalue weighted by molar-refractivity contribution is 0.408. The van der Waals surface area contributed by atoms with E-state index in [9.17, 15) is 0 Å². The summed E-state index contributed by atoms with van der Waals surface area (Å²) in [6, 6.07) is 0. The first-order valence-corrected chi connectivity index (χ1v) is 4.64. The number of nitrogens with zero attached hydrogens (tertiary/aromatic N) is 3. The van der Waals surface area contributed by atoms with Crippen LogP contribution in [0, 0.1) is 11.8 Å². The summed E-state index contributed by atoms with van der Waals surface area (Å²) in [7, 11) is 0. The van der Waals surface area contributed by atoms with E-state index in [-0.39, 0.29) is 0 Å². The molecular formula is C8H17N5. The molecule has 5 heteroatoms. The number of H-pyrrole nitrogens is 1. The molecule has 0 spiro atoms. The van der Waals surface area contributed by atoms with Crippen molar-refractivity contribution >= 4 is 0 Å². The topological polar surface area (TPSA) is 80.5 Å². The van der Waals surface area contributed by atoms with Crippen LogP contribution in [-0.4, -0.2) is 27.2 Å². The third kappa shape index (κ3) is 3.50. The first-order chi connectivity index (χ1) is 6.22. The molecule has 1 aromatic heterocycles. The number of rotatable bonds is 5. The second-order valence-electron chi connectivity index (χ2n) is 3.76. The number of nitrogens with two attached hydrogens (primary N) is 1. The maximum atomic E-state index is 5.65. The highest BCUT2D eigenvalue weighted by atomic mass is 15.5. The molecule has 13 heavy (non-hydrogen) atoms. The summed E-state index contributed by atoms with van der Waals surface area (Å²) in [5, 5.41) is 13.8. The molecule has 74 valence electrons. The van der Waals surface area contributed by atoms with Crippen LogP contribution in [0.3, 0.4) is 0 Å². The SMILES string of the molecule is CC(C)C[C@H](CN)Cc1nn[nH]n1. The Morgan fingerprint density at radius 1 is 1.46 bits per heavy atom. The van der Waals surface area contributed by atoms with Gasteiger partial charge in [0.1, 0.15) is 0 Å². The van der Waals surface area contributed by atoms with Crippen molar-refractivity contribution in [3.05, 3.63) is 5.82 Å². The van der Waals surface area contributed by atoms with Gasteiger partial charge >= 0.3 is 0 Å². The summed E-state index contributed by atoms with van der Waals surface area (Å²) in [4.78, 5) is 0. The first kappa shape index (κ1) is 10.1. The molecule has 3 N–H and O–H groups in total. The van der Waals surface area contributed by atoms with Gasteiger partial charge in [0.25, 0.3) is 0 Å². The van der Waals surface area contributed by atoms with Crippen molar-refractivity contribution in [2.45, 2.75) is 26.7 Å². The molecule has 0 saturated heterocycles. The fourth-order valence-corrected chi connectivity index (χ4v) is 1.46. The normalized spacial score (nSPS) is 13.5. The number of nitrogens with one attached hydrogen (secondary N) is 1. The van der Waals surface area contributed by atoms with Crippen molar-refractivity contribution in [1.82, 2.24) is 20.6 Å². The van der Waals surface area contributed by atoms with Gasteiger partial charge in [0.2, 0.25) is 0 Å². The standard InChI is InChI=1S/C8H17N5/c1-6(2)3-7(5-9)4-8-10-12-13-11-8/h6-7H,3-5,9H2,1-2H3,(H,10,11,12,13)/t7-/m0/s1. The minimum Gasteiger partial charge on any atom is -0.330 e. The Morgan fingerprint density at radius 2 is 2.23 bits per heavy atom. The van der Waals surface area contributed by atoms with Gasteiger partial charge in [0.15, 0.2) is 5.82 Å². The van der Waals surface area contributed by atoms with Crippen molar-refractivity contribution in [3.63, 3.8) is 0 Å². The highest BCUT2D eigenvalue weighted by Gasteiger charge is 2.12. The van der Waals surface area contributed by atoms with Crippen LogP contribution in [0.5, 0.6) is 0 Å². The van der Waals surface area contributed by atoms with Gasteiger partial charge in [0.05, 0.1) is 0 Å². The molecule has 0 amide bonds. The quantitative estimate of drug-likeness (QED) is 0.690. The van der Waals surface area contributed by atoms with Gasteiger partial charge in [-0.3, -0.25) is 0 Å². The minimum atomic E-state index is 0.470. The fourth-order valence-electron chi connectivity index (χ4n) is 1.46. The Kier molecular flexibility index (Phi) is 3.82. The van der Waals surface area contributed by atoms with Crippen LogP contribution in [0.4, 0.5) is 0 Å². The third-order valence-electron chi connectivity index (χ3n) is 2.00. The van der Waals surface area contributed by atoms with Crippen molar-refractivity contribution in [1.29, 1.82) is 0 Å². The molecule has 0 fully saturated rings. The Morgan fingerprint density at radius 3 is 2.69 bits per heavy atom. The zero-order chi connectivity index (χ0) is 9.68. The Bertz CT molecular complexity index is 218. The molecule has 5 nitrogen and oxygen atoms in total. The number of tetrazole rings is 1. The Balaban J connectivity index is 2.40. The fraction of sp³-hybridized carbons (Fsp3) is 0.875. The molecule has 0 aliphatic carbocycles. The van der Waals surface area contributed by atoms with Crippen LogP contribution < -0.4 is 5.73 Å². The van der Waals surface area contributed by atoms with Crippen molar-refractivity contribution in [2.24, 2.45) is 17.6 Å². The molecule has 0 aromatic carbocycles. The monoisotopic (exact) mass is 183 g/mol. The molecule has 1 heterocycles. The van der Waals surface area contributed by atoms with E-state index in [0.29, 0.717) is 18.4 Å². The van der Waals surface area contributed by atoms with Crippen LogP contribution in [0.15, 0.2) is 0 Å². The van der Waals surface area contributed by atoms with E-state index in [4.69, 9.17) is 5.73 Å². The summed E-state index contributed by atoms with van der Waals surface area (Å²) in [6.45, 7) is 5.07. The summed E-state index contributed by atoms with van der Waals surface area (Å²) >= 11 is 0. The predicted octanol–water partition coefficient (Wildman–Crippen LogP) is 0.363. The largest absolute Gasteiger partial charge is 0.330 e. The maximum absolute atomic E-state index is 5.65. The van der Waals surface area contributed by atoms with Crippen LogP contribution in [0.25, 0.3) is 0 Å². The van der Waals surface area contributed by atoms with Gasteiger partial charge in [0, 0.05) is 6.42 Å². The van der Waals surface area contributed by atoms with E-state index in [0.717, 1.165) is 18.7 Å². The molecule has 0 unspecified atom stereocenters. The second-order valence-corrected chi connectivity index (χ2v) is 3.76.